The van der Waals surface area contributed by atoms with Crippen LogP contribution in [-0.4, -0.2) is 10.9 Å². The van der Waals surface area contributed by atoms with Crippen molar-refractivity contribution >= 4 is 34.5 Å². The molecule has 0 aliphatic rings. The summed E-state index contributed by atoms with van der Waals surface area (Å²) in [4.78, 5) is 17.5. The number of aryl methyl sites for hydroxylation is 1. The summed E-state index contributed by atoms with van der Waals surface area (Å²) < 4.78 is 0. The van der Waals surface area contributed by atoms with Gasteiger partial charge in [-0.3, -0.25) is 4.79 Å². The Morgan fingerprint density at radius 2 is 2.26 bits per heavy atom. The van der Waals surface area contributed by atoms with Crippen LogP contribution in [0.4, 0.5) is 5.69 Å². The van der Waals surface area contributed by atoms with Gasteiger partial charge in [0.1, 0.15) is 5.01 Å². The number of aromatic nitrogens is 1. The SMILES string of the molecule is Cc1cnc(C(C)NC(=O)c2c(N)cccc2Cl)s1. The maximum absolute atomic E-state index is 12.2. The summed E-state index contributed by atoms with van der Waals surface area (Å²) in [5.41, 5.74) is 6.46. The number of anilines is 1. The topological polar surface area (TPSA) is 68.0 Å². The van der Waals surface area contributed by atoms with E-state index in [9.17, 15) is 4.79 Å². The Balaban J connectivity index is 2.17. The molecule has 0 aliphatic carbocycles. The number of hydrogen-bond donors (Lipinski definition) is 2. The summed E-state index contributed by atoms with van der Waals surface area (Å²) in [6, 6.07) is 4.83. The smallest absolute Gasteiger partial charge is 0.255 e. The molecular weight excluding hydrogens is 282 g/mol. The average Bonchev–Trinajstić information content (AvgIpc) is 2.75. The minimum atomic E-state index is -0.288. The zero-order valence-corrected chi connectivity index (χ0v) is 12.2. The van der Waals surface area contributed by atoms with E-state index in [-0.39, 0.29) is 11.9 Å². The molecule has 1 unspecified atom stereocenters. The van der Waals surface area contributed by atoms with E-state index in [0.717, 1.165) is 9.88 Å². The van der Waals surface area contributed by atoms with Crippen LogP contribution in [0.15, 0.2) is 24.4 Å². The highest BCUT2D eigenvalue weighted by atomic mass is 35.5. The fourth-order valence-corrected chi connectivity index (χ4v) is 2.73. The zero-order valence-electron chi connectivity index (χ0n) is 10.6. The van der Waals surface area contributed by atoms with Gasteiger partial charge in [-0.2, -0.15) is 0 Å². The third-order valence-corrected chi connectivity index (χ3v) is 4.04. The molecule has 0 spiro atoms. The van der Waals surface area contributed by atoms with Crippen molar-refractivity contribution in [1.29, 1.82) is 0 Å². The minimum absolute atomic E-state index is 0.179. The Bertz CT molecular complexity index is 591. The van der Waals surface area contributed by atoms with Crippen LogP contribution in [0.3, 0.4) is 0 Å². The van der Waals surface area contributed by atoms with E-state index < -0.39 is 0 Å². The van der Waals surface area contributed by atoms with Gasteiger partial charge in [-0.25, -0.2) is 4.98 Å². The predicted octanol–water partition coefficient (Wildman–Crippen LogP) is 3.18. The monoisotopic (exact) mass is 295 g/mol. The molecular formula is C13H14ClN3OS. The maximum Gasteiger partial charge on any atom is 0.255 e. The molecule has 1 aromatic carbocycles. The number of hydrogen-bond acceptors (Lipinski definition) is 4. The fraction of sp³-hybridized carbons (Fsp3) is 0.231. The summed E-state index contributed by atoms with van der Waals surface area (Å²) >= 11 is 7.56. The molecule has 3 N–H and O–H groups in total. The molecule has 0 radical (unpaired) electrons. The number of amides is 1. The Labute approximate surface area is 120 Å². The van der Waals surface area contributed by atoms with E-state index in [4.69, 9.17) is 17.3 Å². The van der Waals surface area contributed by atoms with Crippen LogP contribution in [0.1, 0.15) is 33.2 Å². The molecule has 0 saturated heterocycles. The second-order valence-corrected chi connectivity index (χ2v) is 5.88. The standard InChI is InChI=1S/C13H14ClN3OS/c1-7-6-16-13(19-7)8(2)17-12(18)11-9(14)4-3-5-10(11)15/h3-6,8H,15H2,1-2H3,(H,17,18). The van der Waals surface area contributed by atoms with Crippen molar-refractivity contribution in [3.8, 4) is 0 Å². The van der Waals surface area contributed by atoms with Crippen molar-refractivity contribution in [2.45, 2.75) is 19.9 Å². The van der Waals surface area contributed by atoms with Gasteiger partial charge in [0.15, 0.2) is 0 Å². The van der Waals surface area contributed by atoms with Gasteiger partial charge >= 0.3 is 0 Å². The molecule has 1 aromatic heterocycles. The third kappa shape index (κ3) is 3.05. The van der Waals surface area contributed by atoms with E-state index in [1.165, 1.54) is 0 Å². The Morgan fingerprint density at radius 1 is 1.53 bits per heavy atom. The molecule has 1 heterocycles. The van der Waals surface area contributed by atoms with E-state index in [1.54, 1.807) is 35.7 Å². The van der Waals surface area contributed by atoms with Gasteiger partial charge in [0.05, 0.1) is 16.6 Å². The molecule has 100 valence electrons. The quantitative estimate of drug-likeness (QED) is 0.855. The van der Waals surface area contributed by atoms with Gasteiger partial charge in [-0.1, -0.05) is 17.7 Å². The number of thiazole rings is 1. The van der Waals surface area contributed by atoms with Gasteiger partial charge < -0.3 is 11.1 Å². The third-order valence-electron chi connectivity index (χ3n) is 2.63. The molecule has 19 heavy (non-hydrogen) atoms. The van der Waals surface area contributed by atoms with Gasteiger partial charge in [0.2, 0.25) is 0 Å². The Morgan fingerprint density at radius 3 is 2.84 bits per heavy atom. The first-order valence-electron chi connectivity index (χ1n) is 5.76. The fourth-order valence-electron chi connectivity index (χ4n) is 1.68. The average molecular weight is 296 g/mol. The first-order valence-corrected chi connectivity index (χ1v) is 6.95. The normalized spacial score (nSPS) is 12.2. The van der Waals surface area contributed by atoms with Gasteiger partial charge in [-0.05, 0) is 26.0 Å². The number of nitrogen functional groups attached to an aromatic ring is 1. The molecule has 0 fully saturated rings. The van der Waals surface area contributed by atoms with Gasteiger partial charge in [0.25, 0.3) is 5.91 Å². The highest BCUT2D eigenvalue weighted by Gasteiger charge is 2.18. The zero-order chi connectivity index (χ0) is 14.0. The lowest BCUT2D eigenvalue weighted by Crippen LogP contribution is -2.27. The van der Waals surface area contributed by atoms with Crippen LogP contribution in [0.25, 0.3) is 0 Å². The summed E-state index contributed by atoms with van der Waals surface area (Å²) in [6.45, 7) is 3.85. The Kier molecular flexibility index (Phi) is 4.07. The number of rotatable bonds is 3. The number of nitrogens with zero attached hydrogens (tertiary/aromatic N) is 1. The number of halogens is 1. The van der Waals surface area contributed by atoms with Crippen molar-refractivity contribution < 1.29 is 4.79 Å². The maximum atomic E-state index is 12.2. The van der Waals surface area contributed by atoms with Crippen LogP contribution < -0.4 is 11.1 Å². The van der Waals surface area contributed by atoms with Crippen molar-refractivity contribution in [1.82, 2.24) is 10.3 Å². The number of carbonyl (C=O) groups excluding carboxylic acids is 1. The van der Waals surface area contributed by atoms with Crippen molar-refractivity contribution in [2.24, 2.45) is 0 Å². The highest BCUT2D eigenvalue weighted by Crippen LogP contribution is 2.24. The predicted molar refractivity (Wildman–Crippen MR) is 78.6 cm³/mol. The Hall–Kier alpha value is -1.59. The summed E-state index contributed by atoms with van der Waals surface area (Å²) in [5.74, 6) is -0.288. The van der Waals surface area contributed by atoms with Gasteiger partial charge in [0, 0.05) is 16.8 Å². The van der Waals surface area contributed by atoms with Crippen LogP contribution >= 0.6 is 22.9 Å². The molecule has 1 atom stereocenters. The van der Waals surface area contributed by atoms with Crippen molar-refractivity contribution in [3.05, 3.63) is 44.9 Å². The first-order chi connectivity index (χ1) is 8.99. The lowest BCUT2D eigenvalue weighted by Gasteiger charge is -2.13. The van der Waals surface area contributed by atoms with E-state index in [1.807, 2.05) is 13.8 Å². The lowest BCUT2D eigenvalue weighted by molar-refractivity contribution is 0.0941. The number of carbonyl (C=O) groups is 1. The molecule has 0 bridgehead atoms. The molecule has 2 aromatic rings. The molecule has 1 amide bonds. The highest BCUT2D eigenvalue weighted by molar-refractivity contribution is 7.11. The van der Waals surface area contributed by atoms with E-state index in [2.05, 4.69) is 10.3 Å². The largest absolute Gasteiger partial charge is 0.398 e. The molecule has 6 heteroatoms. The van der Waals surface area contributed by atoms with Crippen molar-refractivity contribution in [2.75, 3.05) is 5.73 Å². The second-order valence-electron chi connectivity index (χ2n) is 4.21. The summed E-state index contributed by atoms with van der Waals surface area (Å²) in [7, 11) is 0. The number of benzene rings is 1. The van der Waals surface area contributed by atoms with Gasteiger partial charge in [-0.15, -0.1) is 11.3 Å². The second kappa shape index (κ2) is 5.59. The molecule has 2 rings (SSSR count). The molecule has 0 aliphatic heterocycles. The number of nitrogens with one attached hydrogen (secondary N) is 1. The van der Waals surface area contributed by atoms with Crippen LogP contribution in [0.5, 0.6) is 0 Å². The van der Waals surface area contributed by atoms with Crippen LogP contribution in [0, 0.1) is 6.92 Å². The first kappa shape index (κ1) is 13.8. The minimum Gasteiger partial charge on any atom is -0.398 e. The lowest BCUT2D eigenvalue weighted by atomic mass is 10.1. The van der Waals surface area contributed by atoms with E-state index >= 15 is 0 Å². The summed E-state index contributed by atoms with van der Waals surface area (Å²) in [5, 5.41) is 4.06. The molecule has 4 nitrogen and oxygen atoms in total. The van der Waals surface area contributed by atoms with Crippen LogP contribution in [-0.2, 0) is 0 Å². The van der Waals surface area contributed by atoms with E-state index in [0.29, 0.717) is 16.3 Å². The van der Waals surface area contributed by atoms with Crippen molar-refractivity contribution in [3.63, 3.8) is 0 Å². The number of nitrogens with two attached hydrogens (primary N) is 1. The molecule has 0 saturated carbocycles. The van der Waals surface area contributed by atoms with Crippen LogP contribution in [0.2, 0.25) is 5.02 Å². The summed E-state index contributed by atoms with van der Waals surface area (Å²) in [6.07, 6.45) is 1.78.